The number of hydrogen-bond acceptors (Lipinski definition) is 9. The molecule has 0 spiro atoms. The maximum atomic E-state index is 6.04. The maximum Gasteiger partial charge on any atom is 0.231 e. The van der Waals surface area contributed by atoms with Crippen LogP contribution in [0.15, 0.2) is 30.3 Å². The Kier molecular flexibility index (Phi) is 7.04. The zero-order valence-corrected chi connectivity index (χ0v) is 22.0. The van der Waals surface area contributed by atoms with Crippen molar-refractivity contribution >= 4 is 107 Å². The van der Waals surface area contributed by atoms with Gasteiger partial charge in [0.2, 0.25) is 17.4 Å². The normalized spacial score (nSPS) is 12.1. The molecule has 0 radical (unpaired) electrons. The smallest absolute Gasteiger partial charge is 0.231 e. The quantitative estimate of drug-likeness (QED) is 0.168. The third kappa shape index (κ3) is 5.21. The van der Waals surface area contributed by atoms with Gasteiger partial charge in [0.05, 0.1) is 19.4 Å². The Labute approximate surface area is 225 Å². The molecular weight excluding hydrogens is 584 g/mol. The number of nitrogens with zero attached hydrogens (tertiary/aromatic N) is 4. The average molecular weight is 594 g/mol. The van der Waals surface area contributed by atoms with Crippen molar-refractivity contribution in [2.24, 2.45) is 0 Å². The van der Waals surface area contributed by atoms with Gasteiger partial charge < -0.3 is 14.8 Å². The summed E-state index contributed by atoms with van der Waals surface area (Å²) in [7, 11) is 0. The molecular formula is C20H10Cl5N5O2S2. The second kappa shape index (κ2) is 10.0. The Morgan fingerprint density at radius 1 is 0.765 bits per heavy atom. The van der Waals surface area contributed by atoms with Crippen LogP contribution in [0.5, 0.6) is 11.5 Å². The number of ether oxygens (including phenoxy) is 2. The number of fused-ring (bicyclic) bond motifs is 3. The van der Waals surface area contributed by atoms with Gasteiger partial charge in [-0.05, 0) is 53.0 Å². The van der Waals surface area contributed by atoms with Crippen molar-refractivity contribution in [2.45, 2.75) is 6.54 Å². The van der Waals surface area contributed by atoms with Crippen LogP contribution in [0.3, 0.4) is 0 Å². The van der Waals surface area contributed by atoms with Crippen LogP contribution in [0.4, 0.5) is 5.82 Å². The van der Waals surface area contributed by atoms with Gasteiger partial charge in [0.25, 0.3) is 0 Å². The van der Waals surface area contributed by atoms with E-state index >= 15 is 0 Å². The Morgan fingerprint density at radius 3 is 2.18 bits per heavy atom. The lowest BCUT2D eigenvalue weighted by atomic mass is 10.2. The van der Waals surface area contributed by atoms with E-state index in [1.165, 1.54) is 22.7 Å². The fourth-order valence-corrected chi connectivity index (χ4v) is 6.01. The largest absolute Gasteiger partial charge is 0.454 e. The summed E-state index contributed by atoms with van der Waals surface area (Å²) in [5, 5.41) is 5.55. The van der Waals surface area contributed by atoms with Gasteiger partial charge in [-0.25, -0.2) is 19.9 Å². The van der Waals surface area contributed by atoms with Gasteiger partial charge in [0.15, 0.2) is 11.5 Å². The van der Waals surface area contributed by atoms with E-state index in [4.69, 9.17) is 67.5 Å². The Hall–Kier alpha value is -1.85. The lowest BCUT2D eigenvalue weighted by Crippen LogP contribution is -2.02. The first-order valence-electron chi connectivity index (χ1n) is 9.39. The van der Waals surface area contributed by atoms with Gasteiger partial charge >= 0.3 is 0 Å². The Bertz CT molecular complexity index is 1530. The van der Waals surface area contributed by atoms with Crippen LogP contribution in [-0.2, 0) is 6.54 Å². The highest BCUT2D eigenvalue weighted by molar-refractivity contribution is 7.22. The molecule has 1 N–H and O–H groups in total. The third-order valence-corrected chi connectivity index (χ3v) is 7.46. The molecule has 174 valence electrons. The topological polar surface area (TPSA) is 82.1 Å². The van der Waals surface area contributed by atoms with Crippen LogP contribution in [0.2, 0.25) is 24.4 Å². The van der Waals surface area contributed by atoms with Crippen LogP contribution in [0, 0.1) is 0 Å². The second-order valence-corrected chi connectivity index (χ2v) is 11.1. The summed E-state index contributed by atoms with van der Waals surface area (Å²) >= 11 is 31.8. The maximum absolute atomic E-state index is 6.04. The molecule has 4 aromatic heterocycles. The molecule has 5 heterocycles. The zero-order chi connectivity index (χ0) is 23.8. The number of nitrogens with one attached hydrogen (secondary N) is 1. The number of aromatic nitrogens is 4. The summed E-state index contributed by atoms with van der Waals surface area (Å²) in [4.78, 5) is 17.6. The molecule has 0 fully saturated rings. The minimum Gasteiger partial charge on any atom is -0.454 e. The first-order valence-corrected chi connectivity index (χ1v) is 12.9. The highest BCUT2D eigenvalue weighted by Crippen LogP contribution is 2.35. The molecule has 5 aromatic rings. The van der Waals surface area contributed by atoms with E-state index in [-0.39, 0.29) is 17.4 Å². The Morgan fingerprint density at radius 2 is 1.41 bits per heavy atom. The van der Waals surface area contributed by atoms with Gasteiger partial charge in [-0.1, -0.05) is 40.9 Å². The summed E-state index contributed by atoms with van der Waals surface area (Å²) in [6, 6.07) is 9.36. The minimum absolute atomic E-state index is 0.144. The van der Waals surface area contributed by atoms with E-state index in [0.717, 1.165) is 32.7 Å². The molecule has 0 saturated carbocycles. The first kappa shape index (κ1) is 23.9. The molecule has 0 unspecified atom stereocenters. The lowest BCUT2D eigenvalue weighted by Gasteiger charge is -2.08. The molecule has 6 rings (SSSR count). The summed E-state index contributed by atoms with van der Waals surface area (Å²) in [6.07, 6.45) is 0. The molecule has 1 aliphatic heterocycles. The Balaban J connectivity index is 0.000000169. The van der Waals surface area contributed by atoms with Crippen molar-refractivity contribution in [3.05, 3.63) is 60.3 Å². The molecule has 7 nitrogen and oxygen atoms in total. The highest BCUT2D eigenvalue weighted by Gasteiger charge is 2.14. The summed E-state index contributed by atoms with van der Waals surface area (Å²) in [5.74, 6) is 2.18. The van der Waals surface area contributed by atoms with Crippen LogP contribution >= 0.6 is 80.7 Å². The predicted molar refractivity (Wildman–Crippen MR) is 140 cm³/mol. The fourth-order valence-electron chi connectivity index (χ4n) is 3.07. The molecule has 0 amide bonds. The van der Waals surface area contributed by atoms with Gasteiger partial charge in [-0.15, -0.1) is 22.7 Å². The van der Waals surface area contributed by atoms with Crippen molar-refractivity contribution in [1.29, 1.82) is 0 Å². The monoisotopic (exact) mass is 591 g/mol. The van der Waals surface area contributed by atoms with Crippen LogP contribution < -0.4 is 14.8 Å². The number of halogens is 5. The minimum atomic E-state index is 0.144. The fraction of sp³-hybridized carbons (Fsp3) is 0.100. The number of hydrogen-bond donors (Lipinski definition) is 1. The molecule has 0 saturated heterocycles. The van der Waals surface area contributed by atoms with Crippen molar-refractivity contribution in [2.75, 3.05) is 12.1 Å². The van der Waals surface area contributed by atoms with Gasteiger partial charge in [0, 0.05) is 6.54 Å². The van der Waals surface area contributed by atoms with Gasteiger partial charge in [-0.2, -0.15) is 0 Å². The van der Waals surface area contributed by atoms with Crippen molar-refractivity contribution < 1.29 is 9.47 Å². The second-order valence-electron chi connectivity index (χ2n) is 6.70. The van der Waals surface area contributed by atoms with E-state index in [2.05, 4.69) is 25.3 Å². The number of rotatable bonds is 3. The third-order valence-electron chi connectivity index (χ3n) is 4.52. The van der Waals surface area contributed by atoms with Crippen molar-refractivity contribution in [1.82, 2.24) is 19.9 Å². The van der Waals surface area contributed by atoms with E-state index in [9.17, 15) is 0 Å². The average Bonchev–Trinajstić information content (AvgIpc) is 3.49. The summed E-state index contributed by atoms with van der Waals surface area (Å²) in [6.45, 7) is 0.842. The molecule has 1 aromatic carbocycles. The van der Waals surface area contributed by atoms with Gasteiger partial charge in [-0.3, -0.25) is 0 Å². The predicted octanol–water partition coefficient (Wildman–Crippen LogP) is 7.99. The van der Waals surface area contributed by atoms with Crippen LogP contribution in [0.25, 0.3) is 20.4 Å². The van der Waals surface area contributed by atoms with E-state index in [0.29, 0.717) is 31.0 Å². The van der Waals surface area contributed by atoms with E-state index in [1.54, 1.807) is 6.07 Å². The highest BCUT2D eigenvalue weighted by atomic mass is 35.5. The van der Waals surface area contributed by atoms with Gasteiger partial charge in [0.1, 0.15) is 20.6 Å². The SMILES string of the molecule is Clc1nc(Cl)c2cc(Cl)sc2n1.Clc1nc(NCc2ccc3c(c2)OCO3)c2cc(Cl)sc2n1. The van der Waals surface area contributed by atoms with Crippen LogP contribution in [-0.4, -0.2) is 26.7 Å². The molecule has 1 aliphatic rings. The van der Waals surface area contributed by atoms with Crippen molar-refractivity contribution in [3.8, 4) is 11.5 Å². The standard InChI is InChI=1S/C14H9Cl2N3O2S.C6HCl3N2S/c15-11-4-8-12(18-14(16)19-13(8)22-11)17-5-7-1-2-9-10(3-7)21-6-20-9;7-3-1-2-4(8)10-6(9)11-5(2)12-3/h1-4H,5-6H2,(H,17,18,19);1H. The molecule has 0 aliphatic carbocycles. The van der Waals surface area contributed by atoms with Crippen molar-refractivity contribution in [3.63, 3.8) is 0 Å². The molecule has 34 heavy (non-hydrogen) atoms. The van der Waals surface area contributed by atoms with E-state index in [1.807, 2.05) is 24.3 Å². The number of thiophene rings is 2. The summed E-state index contributed by atoms with van der Waals surface area (Å²) < 4.78 is 11.9. The molecule has 0 atom stereocenters. The molecule has 0 bridgehead atoms. The first-order chi connectivity index (χ1) is 16.4. The molecule has 14 heteroatoms. The number of benzene rings is 1. The lowest BCUT2D eigenvalue weighted by molar-refractivity contribution is 0.174. The van der Waals surface area contributed by atoms with E-state index < -0.39 is 0 Å². The zero-order valence-electron chi connectivity index (χ0n) is 16.6. The summed E-state index contributed by atoms with van der Waals surface area (Å²) in [5.41, 5.74) is 1.05. The van der Waals surface area contributed by atoms with Crippen LogP contribution in [0.1, 0.15) is 5.56 Å². The number of anilines is 1.